The van der Waals surface area contributed by atoms with Gasteiger partial charge in [-0.05, 0) is 17.2 Å². The third-order valence-electron chi connectivity index (χ3n) is 2.32. The van der Waals surface area contributed by atoms with Crippen molar-refractivity contribution in [3.63, 3.8) is 0 Å². The Morgan fingerprint density at radius 2 is 2.33 bits per heavy atom. The van der Waals surface area contributed by atoms with Crippen LogP contribution in [0.1, 0.15) is 11.1 Å². The molecular formula is C9H8N2S. The molecule has 1 aromatic carbocycles. The first-order chi connectivity index (χ1) is 5.95. The predicted molar refractivity (Wildman–Crippen MR) is 50.2 cm³/mol. The second kappa shape index (κ2) is 2.28. The molecule has 0 bridgehead atoms. The largest absolute Gasteiger partial charge is 0.309 e. The van der Waals surface area contributed by atoms with Crippen LogP contribution in [0, 0.1) is 0 Å². The maximum atomic E-state index is 4.29. The maximum Gasteiger partial charge on any atom is 0.0815 e. The third kappa shape index (κ3) is 0.750. The first-order valence-electron chi connectivity index (χ1n) is 4.00. The van der Waals surface area contributed by atoms with Crippen LogP contribution in [0.4, 0.5) is 0 Å². The normalized spacial score (nSPS) is 15.3. The van der Waals surface area contributed by atoms with Crippen LogP contribution in [0.15, 0.2) is 17.6 Å². The molecule has 1 aromatic heterocycles. The summed E-state index contributed by atoms with van der Waals surface area (Å²) < 4.78 is 1.36. The van der Waals surface area contributed by atoms with Crippen molar-refractivity contribution in [2.24, 2.45) is 0 Å². The highest BCUT2D eigenvalue weighted by Crippen LogP contribution is 2.28. The van der Waals surface area contributed by atoms with Gasteiger partial charge < -0.3 is 5.32 Å². The van der Waals surface area contributed by atoms with E-state index in [0.29, 0.717) is 0 Å². The molecule has 3 rings (SSSR count). The quantitative estimate of drug-likeness (QED) is 0.663. The van der Waals surface area contributed by atoms with Gasteiger partial charge in [0.25, 0.3) is 0 Å². The van der Waals surface area contributed by atoms with Crippen LogP contribution in [0.2, 0.25) is 0 Å². The molecule has 2 heterocycles. The Morgan fingerprint density at radius 1 is 1.33 bits per heavy atom. The summed E-state index contributed by atoms with van der Waals surface area (Å²) in [7, 11) is 0. The number of nitrogens with one attached hydrogen (secondary N) is 1. The molecule has 3 heteroatoms. The Kier molecular flexibility index (Phi) is 1.25. The van der Waals surface area contributed by atoms with Gasteiger partial charge in [0.1, 0.15) is 0 Å². The molecule has 0 atom stereocenters. The molecule has 0 saturated carbocycles. The van der Waals surface area contributed by atoms with Gasteiger partial charge in [-0.1, -0.05) is 6.07 Å². The first kappa shape index (κ1) is 6.57. The zero-order valence-electron chi connectivity index (χ0n) is 6.50. The summed E-state index contributed by atoms with van der Waals surface area (Å²) in [6.07, 6.45) is 0. The van der Waals surface area contributed by atoms with Gasteiger partial charge in [-0.3, -0.25) is 0 Å². The first-order valence-corrected chi connectivity index (χ1v) is 4.88. The van der Waals surface area contributed by atoms with Gasteiger partial charge in [0.15, 0.2) is 0 Å². The van der Waals surface area contributed by atoms with Gasteiger partial charge in [-0.2, -0.15) is 0 Å². The molecule has 0 saturated heterocycles. The molecule has 0 amide bonds. The molecule has 1 aliphatic rings. The zero-order chi connectivity index (χ0) is 7.97. The fourth-order valence-electron chi connectivity index (χ4n) is 1.71. The molecule has 60 valence electrons. The number of fused-ring (bicyclic) bond motifs is 3. The molecule has 0 unspecified atom stereocenters. The molecular weight excluding hydrogens is 168 g/mol. The van der Waals surface area contributed by atoms with E-state index < -0.39 is 0 Å². The molecule has 2 nitrogen and oxygen atoms in total. The Labute approximate surface area is 74.2 Å². The van der Waals surface area contributed by atoms with E-state index >= 15 is 0 Å². The van der Waals surface area contributed by atoms with Crippen LogP contribution in [-0.2, 0) is 13.1 Å². The van der Waals surface area contributed by atoms with Gasteiger partial charge in [0, 0.05) is 13.1 Å². The van der Waals surface area contributed by atoms with Crippen LogP contribution in [-0.4, -0.2) is 4.98 Å². The highest BCUT2D eigenvalue weighted by atomic mass is 32.1. The van der Waals surface area contributed by atoms with Crippen molar-refractivity contribution in [1.82, 2.24) is 10.3 Å². The van der Waals surface area contributed by atoms with Crippen molar-refractivity contribution in [3.05, 3.63) is 28.8 Å². The highest BCUT2D eigenvalue weighted by molar-refractivity contribution is 7.17. The Hall–Kier alpha value is -0.930. The van der Waals surface area contributed by atoms with Crippen molar-refractivity contribution >= 4 is 21.6 Å². The summed E-state index contributed by atoms with van der Waals surface area (Å²) in [5.41, 5.74) is 5.95. The van der Waals surface area contributed by atoms with Crippen molar-refractivity contribution in [2.75, 3.05) is 0 Å². The summed E-state index contributed by atoms with van der Waals surface area (Å²) in [6, 6.07) is 4.29. The summed E-state index contributed by atoms with van der Waals surface area (Å²) >= 11 is 1.74. The second-order valence-corrected chi connectivity index (χ2v) is 3.86. The Balaban J connectivity index is 2.46. The molecule has 12 heavy (non-hydrogen) atoms. The molecule has 0 fully saturated rings. The summed E-state index contributed by atoms with van der Waals surface area (Å²) in [6.45, 7) is 2.03. The van der Waals surface area contributed by atoms with Crippen molar-refractivity contribution in [2.45, 2.75) is 13.1 Å². The highest BCUT2D eigenvalue weighted by Gasteiger charge is 2.13. The maximum absolute atomic E-state index is 4.29. The van der Waals surface area contributed by atoms with Crippen molar-refractivity contribution in [1.29, 1.82) is 0 Å². The summed E-state index contributed by atoms with van der Waals surface area (Å²) in [5.74, 6) is 0. The number of aromatic nitrogens is 1. The molecule has 0 aliphatic carbocycles. The fraction of sp³-hybridized carbons (Fsp3) is 0.222. The lowest BCUT2D eigenvalue weighted by atomic mass is 10.1. The molecule has 1 N–H and O–H groups in total. The summed E-state index contributed by atoms with van der Waals surface area (Å²) in [5, 5.41) is 3.35. The van der Waals surface area contributed by atoms with E-state index in [9.17, 15) is 0 Å². The standard InChI is InChI=1S/C9H8N2S/c1-2-8-9(12-5-11-8)7-4-10-3-6(1)7/h1-2,5,10H,3-4H2. The lowest BCUT2D eigenvalue weighted by Gasteiger charge is -1.96. The minimum Gasteiger partial charge on any atom is -0.309 e. The van der Waals surface area contributed by atoms with E-state index in [2.05, 4.69) is 22.4 Å². The van der Waals surface area contributed by atoms with Crippen LogP contribution in [0.5, 0.6) is 0 Å². The molecule has 0 spiro atoms. The fourth-order valence-corrected chi connectivity index (χ4v) is 2.57. The van der Waals surface area contributed by atoms with Gasteiger partial charge in [-0.15, -0.1) is 11.3 Å². The number of benzene rings is 1. The average Bonchev–Trinajstić information content (AvgIpc) is 2.71. The van der Waals surface area contributed by atoms with E-state index in [-0.39, 0.29) is 0 Å². The van der Waals surface area contributed by atoms with Gasteiger partial charge in [-0.25, -0.2) is 4.98 Å². The van der Waals surface area contributed by atoms with Gasteiger partial charge in [0.2, 0.25) is 0 Å². The average molecular weight is 176 g/mol. The van der Waals surface area contributed by atoms with Crippen molar-refractivity contribution < 1.29 is 0 Å². The van der Waals surface area contributed by atoms with E-state index in [1.807, 2.05) is 5.51 Å². The monoisotopic (exact) mass is 176 g/mol. The van der Waals surface area contributed by atoms with E-state index in [0.717, 1.165) is 18.6 Å². The SMILES string of the molecule is c1nc2ccc3c(c2s1)CNC3. The van der Waals surface area contributed by atoms with Crippen LogP contribution >= 0.6 is 11.3 Å². The minimum absolute atomic E-state index is 1.01. The number of nitrogens with zero attached hydrogens (tertiary/aromatic N) is 1. The number of hydrogen-bond donors (Lipinski definition) is 1. The lowest BCUT2D eigenvalue weighted by molar-refractivity contribution is 0.766. The minimum atomic E-state index is 1.01. The van der Waals surface area contributed by atoms with Gasteiger partial charge in [0.05, 0.1) is 15.7 Å². The molecule has 1 aliphatic heterocycles. The van der Waals surface area contributed by atoms with Crippen molar-refractivity contribution in [3.8, 4) is 0 Å². The Bertz CT molecular complexity index is 433. The smallest absolute Gasteiger partial charge is 0.0815 e. The number of rotatable bonds is 0. The summed E-state index contributed by atoms with van der Waals surface area (Å²) in [4.78, 5) is 4.29. The lowest BCUT2D eigenvalue weighted by Crippen LogP contribution is -1.99. The van der Waals surface area contributed by atoms with Gasteiger partial charge >= 0.3 is 0 Å². The second-order valence-electron chi connectivity index (χ2n) is 3.01. The Morgan fingerprint density at radius 3 is 3.33 bits per heavy atom. The number of thiazole rings is 1. The van der Waals surface area contributed by atoms with E-state index in [4.69, 9.17) is 0 Å². The predicted octanol–water partition coefficient (Wildman–Crippen LogP) is 1.90. The third-order valence-corrected chi connectivity index (χ3v) is 3.22. The molecule has 0 radical (unpaired) electrons. The van der Waals surface area contributed by atoms with E-state index in [1.165, 1.54) is 15.8 Å². The van der Waals surface area contributed by atoms with Crippen LogP contribution in [0.25, 0.3) is 10.2 Å². The zero-order valence-corrected chi connectivity index (χ0v) is 7.32. The van der Waals surface area contributed by atoms with Crippen LogP contribution in [0.3, 0.4) is 0 Å². The molecule has 2 aromatic rings. The topological polar surface area (TPSA) is 24.9 Å². The number of hydrogen-bond acceptors (Lipinski definition) is 3. The van der Waals surface area contributed by atoms with Crippen LogP contribution < -0.4 is 5.32 Å². The van der Waals surface area contributed by atoms with E-state index in [1.54, 1.807) is 11.3 Å².